The first kappa shape index (κ1) is 12.9. The van der Waals surface area contributed by atoms with E-state index < -0.39 is 0 Å². The highest BCUT2D eigenvalue weighted by molar-refractivity contribution is 5.90. The van der Waals surface area contributed by atoms with Gasteiger partial charge in [-0.1, -0.05) is 6.07 Å². The van der Waals surface area contributed by atoms with Crippen LogP contribution >= 0.6 is 0 Å². The summed E-state index contributed by atoms with van der Waals surface area (Å²) in [6.07, 6.45) is 3.46. The molecular weight excluding hydrogens is 230 g/mol. The minimum absolute atomic E-state index is 0.149. The number of carbonyl (C=O) groups is 1. The minimum Gasteiger partial charge on any atom is -0.465 e. The lowest BCUT2D eigenvalue weighted by atomic mass is 9.93. The molecule has 2 rings (SSSR count). The molecule has 1 fully saturated rings. The molecule has 0 radical (unpaired) electrons. The lowest BCUT2D eigenvalue weighted by Crippen LogP contribution is -2.28. The Morgan fingerprint density at radius 3 is 2.72 bits per heavy atom. The predicted octanol–water partition coefficient (Wildman–Crippen LogP) is 2.19. The quantitative estimate of drug-likeness (QED) is 0.806. The largest absolute Gasteiger partial charge is 0.465 e. The molecule has 0 unspecified atom stereocenters. The van der Waals surface area contributed by atoms with E-state index in [0.717, 1.165) is 31.4 Å². The summed E-state index contributed by atoms with van der Waals surface area (Å²) in [4.78, 5) is 11.4. The van der Waals surface area contributed by atoms with Gasteiger partial charge in [0.25, 0.3) is 0 Å². The van der Waals surface area contributed by atoms with Gasteiger partial charge in [0.05, 0.1) is 18.8 Å². The van der Waals surface area contributed by atoms with E-state index in [-0.39, 0.29) is 12.1 Å². The van der Waals surface area contributed by atoms with Gasteiger partial charge in [0, 0.05) is 11.7 Å². The molecule has 18 heavy (non-hydrogen) atoms. The second-order valence-electron chi connectivity index (χ2n) is 4.72. The van der Waals surface area contributed by atoms with Crippen molar-refractivity contribution >= 4 is 11.7 Å². The standard InChI is InChI=1S/C14H19NO3/c1-18-14(17)10-3-2-4-12(9-10)15-11-5-7-13(16)8-6-11/h2-4,9,11,13,15-16H,5-8H2,1H3/t11-,13-. The Labute approximate surface area is 107 Å². The summed E-state index contributed by atoms with van der Waals surface area (Å²) >= 11 is 0. The number of esters is 1. The summed E-state index contributed by atoms with van der Waals surface area (Å²) in [6.45, 7) is 0. The van der Waals surface area contributed by atoms with Crippen LogP contribution in [-0.4, -0.2) is 30.3 Å². The Kier molecular flexibility index (Phi) is 4.20. The summed E-state index contributed by atoms with van der Waals surface area (Å²) in [5.74, 6) is -0.322. The van der Waals surface area contributed by atoms with Crippen LogP contribution in [0.15, 0.2) is 24.3 Å². The van der Waals surface area contributed by atoms with Crippen LogP contribution in [0.2, 0.25) is 0 Å². The van der Waals surface area contributed by atoms with Crippen molar-refractivity contribution < 1.29 is 14.6 Å². The summed E-state index contributed by atoms with van der Waals surface area (Å²) in [5, 5.41) is 12.9. The SMILES string of the molecule is COC(=O)c1cccc(N[C@H]2CC[C@H](O)CC2)c1. The van der Waals surface area contributed by atoms with E-state index >= 15 is 0 Å². The van der Waals surface area contributed by atoms with Gasteiger partial charge in [-0.2, -0.15) is 0 Å². The van der Waals surface area contributed by atoms with Crippen LogP contribution in [0, 0.1) is 0 Å². The number of hydrogen-bond donors (Lipinski definition) is 2. The zero-order chi connectivity index (χ0) is 13.0. The highest BCUT2D eigenvalue weighted by atomic mass is 16.5. The van der Waals surface area contributed by atoms with E-state index in [1.54, 1.807) is 12.1 Å². The highest BCUT2D eigenvalue weighted by Crippen LogP contribution is 2.22. The maximum Gasteiger partial charge on any atom is 0.337 e. The molecule has 0 amide bonds. The molecule has 98 valence electrons. The molecule has 0 atom stereocenters. The first-order chi connectivity index (χ1) is 8.69. The van der Waals surface area contributed by atoms with Crippen molar-refractivity contribution in [3.05, 3.63) is 29.8 Å². The van der Waals surface area contributed by atoms with E-state index in [1.807, 2.05) is 12.1 Å². The monoisotopic (exact) mass is 249 g/mol. The van der Waals surface area contributed by atoms with Crippen molar-refractivity contribution in [3.8, 4) is 0 Å². The second-order valence-corrected chi connectivity index (χ2v) is 4.72. The van der Waals surface area contributed by atoms with Crippen molar-refractivity contribution in [1.82, 2.24) is 0 Å². The molecule has 2 N–H and O–H groups in total. The van der Waals surface area contributed by atoms with E-state index in [0.29, 0.717) is 11.6 Å². The highest BCUT2D eigenvalue weighted by Gasteiger charge is 2.19. The van der Waals surface area contributed by atoms with Gasteiger partial charge in [-0.25, -0.2) is 4.79 Å². The minimum atomic E-state index is -0.322. The number of benzene rings is 1. The number of anilines is 1. The Hall–Kier alpha value is -1.55. The van der Waals surface area contributed by atoms with Crippen molar-refractivity contribution in [2.45, 2.75) is 37.8 Å². The molecular formula is C14H19NO3. The fraction of sp³-hybridized carbons (Fsp3) is 0.500. The summed E-state index contributed by atoms with van der Waals surface area (Å²) < 4.78 is 4.70. The fourth-order valence-electron chi connectivity index (χ4n) is 2.31. The number of aliphatic hydroxyl groups is 1. The van der Waals surface area contributed by atoms with Gasteiger partial charge in [-0.15, -0.1) is 0 Å². The van der Waals surface area contributed by atoms with Gasteiger partial charge >= 0.3 is 5.97 Å². The van der Waals surface area contributed by atoms with Crippen LogP contribution in [0.1, 0.15) is 36.0 Å². The van der Waals surface area contributed by atoms with E-state index in [1.165, 1.54) is 7.11 Å². The maximum absolute atomic E-state index is 11.4. The first-order valence-electron chi connectivity index (χ1n) is 6.32. The summed E-state index contributed by atoms with van der Waals surface area (Å²) in [7, 11) is 1.38. The first-order valence-corrected chi connectivity index (χ1v) is 6.32. The number of nitrogens with one attached hydrogen (secondary N) is 1. The topological polar surface area (TPSA) is 58.6 Å². The summed E-state index contributed by atoms with van der Waals surface area (Å²) in [5.41, 5.74) is 1.48. The normalized spacial score (nSPS) is 23.4. The van der Waals surface area contributed by atoms with Crippen LogP contribution in [0.5, 0.6) is 0 Å². The van der Waals surface area contributed by atoms with Crippen molar-refractivity contribution in [2.24, 2.45) is 0 Å². The third kappa shape index (κ3) is 3.23. The molecule has 0 spiro atoms. The number of rotatable bonds is 3. The molecule has 1 aromatic carbocycles. The number of hydrogen-bond acceptors (Lipinski definition) is 4. The van der Waals surface area contributed by atoms with Gasteiger partial charge < -0.3 is 15.2 Å². The van der Waals surface area contributed by atoms with Crippen molar-refractivity contribution in [3.63, 3.8) is 0 Å². The maximum atomic E-state index is 11.4. The molecule has 1 saturated carbocycles. The molecule has 4 heteroatoms. The molecule has 0 aromatic heterocycles. The lowest BCUT2D eigenvalue weighted by molar-refractivity contribution is 0.0601. The lowest BCUT2D eigenvalue weighted by Gasteiger charge is -2.27. The van der Waals surface area contributed by atoms with Crippen LogP contribution in [0.3, 0.4) is 0 Å². The van der Waals surface area contributed by atoms with Gasteiger partial charge in [-0.05, 0) is 43.9 Å². The van der Waals surface area contributed by atoms with Crippen LogP contribution in [-0.2, 0) is 4.74 Å². The third-order valence-corrected chi connectivity index (χ3v) is 3.35. The number of carbonyl (C=O) groups excluding carboxylic acids is 1. The Morgan fingerprint density at radius 2 is 2.06 bits per heavy atom. The Bertz CT molecular complexity index is 411. The average Bonchev–Trinajstić information content (AvgIpc) is 2.41. The van der Waals surface area contributed by atoms with Crippen LogP contribution < -0.4 is 5.32 Å². The molecule has 0 heterocycles. The van der Waals surface area contributed by atoms with Gasteiger partial charge in [-0.3, -0.25) is 0 Å². The second kappa shape index (κ2) is 5.87. The molecule has 0 aliphatic heterocycles. The van der Waals surface area contributed by atoms with E-state index in [9.17, 15) is 9.90 Å². The van der Waals surface area contributed by atoms with Gasteiger partial charge in [0.15, 0.2) is 0 Å². The molecule has 0 bridgehead atoms. The van der Waals surface area contributed by atoms with Crippen LogP contribution in [0.25, 0.3) is 0 Å². The molecule has 1 aromatic rings. The van der Waals surface area contributed by atoms with Gasteiger partial charge in [0.2, 0.25) is 0 Å². The Morgan fingerprint density at radius 1 is 1.33 bits per heavy atom. The molecule has 4 nitrogen and oxygen atoms in total. The van der Waals surface area contributed by atoms with Gasteiger partial charge in [0.1, 0.15) is 0 Å². The predicted molar refractivity (Wildman–Crippen MR) is 69.7 cm³/mol. The van der Waals surface area contributed by atoms with E-state index in [4.69, 9.17) is 4.74 Å². The zero-order valence-electron chi connectivity index (χ0n) is 10.6. The van der Waals surface area contributed by atoms with Crippen molar-refractivity contribution in [1.29, 1.82) is 0 Å². The number of ether oxygens (including phenoxy) is 1. The average molecular weight is 249 g/mol. The fourth-order valence-corrected chi connectivity index (χ4v) is 2.31. The molecule has 1 aliphatic rings. The van der Waals surface area contributed by atoms with E-state index in [2.05, 4.69) is 5.32 Å². The van der Waals surface area contributed by atoms with Crippen molar-refractivity contribution in [2.75, 3.05) is 12.4 Å². The number of methoxy groups -OCH3 is 1. The summed E-state index contributed by atoms with van der Waals surface area (Å²) in [6, 6.07) is 7.70. The number of aliphatic hydroxyl groups excluding tert-OH is 1. The third-order valence-electron chi connectivity index (χ3n) is 3.35. The smallest absolute Gasteiger partial charge is 0.337 e. The zero-order valence-corrected chi connectivity index (χ0v) is 10.6. The molecule has 1 aliphatic carbocycles. The molecule has 0 saturated heterocycles. The van der Waals surface area contributed by atoms with Crippen LogP contribution in [0.4, 0.5) is 5.69 Å². The Balaban J connectivity index is 1.99.